The lowest BCUT2D eigenvalue weighted by molar-refractivity contribution is 0.00369. The van der Waals surface area contributed by atoms with Crippen molar-refractivity contribution in [1.82, 2.24) is 5.32 Å². The van der Waals surface area contributed by atoms with Gasteiger partial charge in [-0.25, -0.2) is 0 Å². The van der Waals surface area contributed by atoms with E-state index in [1.807, 2.05) is 0 Å². The normalized spacial score (nSPS) is 15.0. The Morgan fingerprint density at radius 3 is 2.08 bits per heavy atom. The lowest BCUT2D eigenvalue weighted by atomic mass is 10.1. The second-order valence-electron chi connectivity index (χ2n) is 4.85. The summed E-state index contributed by atoms with van der Waals surface area (Å²) in [6.45, 7) is 13.8. The van der Waals surface area contributed by atoms with Crippen LogP contribution in [0.15, 0.2) is 0 Å². The molecule has 0 aliphatic carbocycles. The second kappa shape index (κ2) is 5.61. The fourth-order valence-corrected chi connectivity index (χ4v) is 1.09. The van der Waals surface area contributed by atoms with Crippen LogP contribution < -0.4 is 5.32 Å². The Labute approximate surface area is 83.1 Å². The third-order valence-corrected chi connectivity index (χ3v) is 1.78. The summed E-state index contributed by atoms with van der Waals surface area (Å²) in [7, 11) is 0. The van der Waals surface area contributed by atoms with Gasteiger partial charge in [0.15, 0.2) is 0 Å². The van der Waals surface area contributed by atoms with Gasteiger partial charge in [-0.05, 0) is 41.0 Å². The predicted molar refractivity (Wildman–Crippen MR) is 58.1 cm³/mol. The zero-order valence-corrected chi connectivity index (χ0v) is 9.98. The van der Waals surface area contributed by atoms with Crippen molar-refractivity contribution in [3.8, 4) is 0 Å². The molecule has 2 heteroatoms. The first-order valence-corrected chi connectivity index (χ1v) is 5.25. The van der Waals surface area contributed by atoms with Crippen molar-refractivity contribution in [3.05, 3.63) is 0 Å². The molecular formula is C11H25NO. The molecule has 0 fully saturated rings. The van der Waals surface area contributed by atoms with Crippen LogP contribution in [-0.2, 0) is 4.74 Å². The molecule has 0 aliphatic rings. The molecule has 1 N–H and O–H groups in total. The molecule has 13 heavy (non-hydrogen) atoms. The highest BCUT2D eigenvalue weighted by Crippen LogP contribution is 2.04. The molecule has 0 aliphatic heterocycles. The summed E-state index contributed by atoms with van der Waals surface area (Å²) in [5.74, 6) is 0. The number of ether oxygens (including phenoxy) is 1. The first-order chi connectivity index (χ1) is 5.85. The third kappa shape index (κ3) is 8.26. The largest absolute Gasteiger partial charge is 0.374 e. The SMILES string of the molecule is CCC(CNC(C)(C)C)OC(C)C. The molecule has 2 nitrogen and oxygen atoms in total. The van der Waals surface area contributed by atoms with Crippen LogP contribution >= 0.6 is 0 Å². The van der Waals surface area contributed by atoms with Crippen molar-refractivity contribution in [2.24, 2.45) is 0 Å². The molecule has 0 saturated carbocycles. The third-order valence-electron chi connectivity index (χ3n) is 1.78. The molecule has 0 radical (unpaired) electrons. The van der Waals surface area contributed by atoms with E-state index in [1.54, 1.807) is 0 Å². The standard InChI is InChI=1S/C11H25NO/c1-7-10(13-9(2)3)8-12-11(4,5)6/h9-10,12H,7-8H2,1-6H3. The zero-order valence-electron chi connectivity index (χ0n) is 9.98. The van der Waals surface area contributed by atoms with Crippen molar-refractivity contribution in [2.45, 2.75) is 65.7 Å². The predicted octanol–water partition coefficient (Wildman–Crippen LogP) is 2.58. The van der Waals surface area contributed by atoms with E-state index in [4.69, 9.17) is 4.74 Å². The lowest BCUT2D eigenvalue weighted by Crippen LogP contribution is -2.42. The van der Waals surface area contributed by atoms with Crippen molar-refractivity contribution in [3.63, 3.8) is 0 Å². The maximum absolute atomic E-state index is 5.73. The van der Waals surface area contributed by atoms with Gasteiger partial charge in [-0.2, -0.15) is 0 Å². The molecule has 1 unspecified atom stereocenters. The van der Waals surface area contributed by atoms with Gasteiger partial charge in [0.05, 0.1) is 12.2 Å². The minimum Gasteiger partial charge on any atom is -0.374 e. The Hall–Kier alpha value is -0.0800. The van der Waals surface area contributed by atoms with Gasteiger partial charge < -0.3 is 10.1 Å². The van der Waals surface area contributed by atoms with Crippen LogP contribution in [0.1, 0.15) is 48.0 Å². The highest BCUT2D eigenvalue weighted by Gasteiger charge is 2.13. The topological polar surface area (TPSA) is 21.3 Å². The summed E-state index contributed by atoms with van der Waals surface area (Å²) in [6, 6.07) is 0. The van der Waals surface area contributed by atoms with Gasteiger partial charge in [0.1, 0.15) is 0 Å². The van der Waals surface area contributed by atoms with E-state index >= 15 is 0 Å². The quantitative estimate of drug-likeness (QED) is 0.714. The highest BCUT2D eigenvalue weighted by atomic mass is 16.5. The van der Waals surface area contributed by atoms with Gasteiger partial charge in [-0.3, -0.25) is 0 Å². The summed E-state index contributed by atoms with van der Waals surface area (Å²) in [5, 5.41) is 3.45. The molecule has 0 bridgehead atoms. The van der Waals surface area contributed by atoms with E-state index in [1.165, 1.54) is 0 Å². The molecule has 0 aromatic carbocycles. The zero-order chi connectivity index (χ0) is 10.5. The second-order valence-corrected chi connectivity index (χ2v) is 4.85. The first kappa shape index (κ1) is 12.9. The minimum atomic E-state index is 0.188. The van der Waals surface area contributed by atoms with E-state index in [0.717, 1.165) is 13.0 Å². The van der Waals surface area contributed by atoms with Gasteiger partial charge in [0.2, 0.25) is 0 Å². The van der Waals surface area contributed by atoms with E-state index < -0.39 is 0 Å². The Kier molecular flexibility index (Phi) is 5.57. The Morgan fingerprint density at radius 1 is 1.23 bits per heavy atom. The van der Waals surface area contributed by atoms with Crippen LogP contribution in [0.2, 0.25) is 0 Å². The van der Waals surface area contributed by atoms with Gasteiger partial charge in [0, 0.05) is 12.1 Å². The van der Waals surface area contributed by atoms with Crippen LogP contribution in [0.3, 0.4) is 0 Å². The van der Waals surface area contributed by atoms with Crippen molar-refractivity contribution in [1.29, 1.82) is 0 Å². The van der Waals surface area contributed by atoms with E-state index in [0.29, 0.717) is 12.2 Å². The number of hydrogen-bond acceptors (Lipinski definition) is 2. The van der Waals surface area contributed by atoms with Gasteiger partial charge in [0.25, 0.3) is 0 Å². The minimum absolute atomic E-state index is 0.188. The maximum Gasteiger partial charge on any atom is 0.0700 e. The molecule has 80 valence electrons. The van der Waals surface area contributed by atoms with Gasteiger partial charge in [-0.1, -0.05) is 6.92 Å². The van der Waals surface area contributed by atoms with Crippen LogP contribution in [0, 0.1) is 0 Å². The lowest BCUT2D eigenvalue weighted by Gasteiger charge is -2.26. The van der Waals surface area contributed by atoms with E-state index in [9.17, 15) is 0 Å². The Balaban J connectivity index is 3.72. The molecule has 0 aromatic rings. The molecule has 0 aromatic heterocycles. The number of rotatable bonds is 5. The van der Waals surface area contributed by atoms with E-state index in [2.05, 4.69) is 46.9 Å². The van der Waals surface area contributed by atoms with Crippen molar-refractivity contribution in [2.75, 3.05) is 6.54 Å². The highest BCUT2D eigenvalue weighted by molar-refractivity contribution is 4.73. The summed E-state index contributed by atoms with van der Waals surface area (Å²) in [6.07, 6.45) is 1.74. The van der Waals surface area contributed by atoms with Gasteiger partial charge in [-0.15, -0.1) is 0 Å². The smallest absolute Gasteiger partial charge is 0.0700 e. The Bertz CT molecular complexity index is 127. The molecule has 0 saturated heterocycles. The van der Waals surface area contributed by atoms with Gasteiger partial charge >= 0.3 is 0 Å². The summed E-state index contributed by atoms with van der Waals surface area (Å²) in [4.78, 5) is 0. The van der Waals surface area contributed by atoms with E-state index in [-0.39, 0.29) is 5.54 Å². The number of hydrogen-bond donors (Lipinski definition) is 1. The summed E-state index contributed by atoms with van der Waals surface area (Å²) in [5.41, 5.74) is 0.188. The molecule has 0 rings (SSSR count). The maximum atomic E-state index is 5.73. The van der Waals surface area contributed by atoms with Crippen LogP contribution in [0.5, 0.6) is 0 Å². The van der Waals surface area contributed by atoms with Crippen LogP contribution in [0.25, 0.3) is 0 Å². The average Bonchev–Trinajstić information content (AvgIpc) is 1.95. The molecule has 0 heterocycles. The van der Waals surface area contributed by atoms with Crippen LogP contribution in [0.4, 0.5) is 0 Å². The average molecular weight is 187 g/mol. The summed E-state index contributed by atoms with van der Waals surface area (Å²) >= 11 is 0. The monoisotopic (exact) mass is 187 g/mol. The van der Waals surface area contributed by atoms with Crippen molar-refractivity contribution < 1.29 is 4.74 Å². The summed E-state index contributed by atoms with van der Waals surface area (Å²) < 4.78 is 5.73. The Morgan fingerprint density at radius 2 is 1.77 bits per heavy atom. The fraction of sp³-hybridized carbons (Fsp3) is 1.00. The fourth-order valence-electron chi connectivity index (χ4n) is 1.09. The molecule has 0 spiro atoms. The molecule has 1 atom stereocenters. The first-order valence-electron chi connectivity index (χ1n) is 5.25. The number of nitrogens with one attached hydrogen (secondary N) is 1. The molecular weight excluding hydrogens is 162 g/mol. The molecule has 0 amide bonds. The van der Waals surface area contributed by atoms with Crippen molar-refractivity contribution >= 4 is 0 Å². The van der Waals surface area contributed by atoms with Crippen LogP contribution in [-0.4, -0.2) is 24.3 Å².